The van der Waals surface area contributed by atoms with Crippen molar-refractivity contribution in [1.82, 2.24) is 4.57 Å². The quantitative estimate of drug-likeness (QED) is 0.452. The Labute approximate surface area is 102 Å². The molecule has 5 heteroatoms. The Morgan fingerprint density at radius 3 is 2.88 bits per heavy atom. The number of rotatable bonds is 1. The molecular weight excluding hydrogens is 272 g/mol. The van der Waals surface area contributed by atoms with Crippen LogP contribution in [0.25, 0.3) is 12.2 Å². The Bertz CT molecular complexity index is 512. The van der Waals surface area contributed by atoms with Gasteiger partial charge in [-0.1, -0.05) is 22.0 Å². The van der Waals surface area contributed by atoms with E-state index in [1.54, 1.807) is 19.1 Å². The van der Waals surface area contributed by atoms with E-state index in [9.17, 15) is 10.1 Å². The predicted octanol–water partition coefficient (Wildman–Crippen LogP) is 2.82. The van der Waals surface area contributed by atoms with Gasteiger partial charge in [0.05, 0.1) is 4.92 Å². The van der Waals surface area contributed by atoms with Crippen molar-refractivity contribution in [3.8, 4) is 0 Å². The van der Waals surface area contributed by atoms with E-state index in [1.807, 2.05) is 30.0 Å². The molecule has 0 aromatic carbocycles. The van der Waals surface area contributed by atoms with Crippen molar-refractivity contribution in [1.29, 1.82) is 0 Å². The number of aromatic nitrogens is 1. The van der Waals surface area contributed by atoms with Crippen LogP contribution in [0.5, 0.6) is 0 Å². The number of hydrogen-bond donors (Lipinski definition) is 0. The molecular formula is C11H11BrN2O2. The summed E-state index contributed by atoms with van der Waals surface area (Å²) in [5.74, 6) is 0. The molecule has 4 nitrogen and oxygen atoms in total. The number of nitrogens with zero attached hydrogens (tertiary/aromatic N) is 2. The topological polar surface area (TPSA) is 48.1 Å². The van der Waals surface area contributed by atoms with Gasteiger partial charge in [-0.2, -0.15) is 0 Å². The third-order valence-electron chi connectivity index (χ3n) is 2.70. The van der Waals surface area contributed by atoms with Gasteiger partial charge in [-0.15, -0.1) is 0 Å². The molecule has 0 bridgehead atoms. The molecule has 0 aliphatic heterocycles. The van der Waals surface area contributed by atoms with Crippen molar-refractivity contribution in [2.45, 2.75) is 11.2 Å². The molecule has 0 radical (unpaired) electrons. The minimum Gasteiger partial charge on any atom is -0.351 e. The summed E-state index contributed by atoms with van der Waals surface area (Å²) in [5.41, 5.74) is 1.99. The number of alkyl halides is 1. The third-order valence-corrected chi connectivity index (χ3v) is 3.37. The van der Waals surface area contributed by atoms with Crippen LogP contribution in [-0.4, -0.2) is 13.8 Å². The highest BCUT2D eigenvalue weighted by atomic mass is 79.9. The third kappa shape index (κ3) is 1.71. The number of aryl methyl sites for hydroxylation is 1. The number of allylic oxidation sites excluding steroid dienone is 1. The normalized spacial score (nSPS) is 23.6. The van der Waals surface area contributed by atoms with E-state index in [-0.39, 0.29) is 10.6 Å². The second-order valence-electron chi connectivity index (χ2n) is 3.96. The van der Waals surface area contributed by atoms with Crippen molar-refractivity contribution in [3.63, 3.8) is 0 Å². The van der Waals surface area contributed by atoms with Gasteiger partial charge < -0.3 is 4.57 Å². The van der Waals surface area contributed by atoms with Gasteiger partial charge >= 0.3 is 0 Å². The standard InChI is InChI=1S/C11H11BrN2O2/c1-11(12)5-3-9-8(4-6-13(9)2)7-10(11)14(15)16/h3-7H,1-2H3. The molecule has 16 heavy (non-hydrogen) atoms. The number of hydrogen-bond acceptors (Lipinski definition) is 2. The zero-order valence-corrected chi connectivity index (χ0v) is 10.6. The summed E-state index contributed by atoms with van der Waals surface area (Å²) >= 11 is 3.37. The van der Waals surface area contributed by atoms with Gasteiger partial charge in [-0.3, -0.25) is 10.1 Å². The second-order valence-corrected chi connectivity index (χ2v) is 5.61. The van der Waals surface area contributed by atoms with Crippen LogP contribution in [0.4, 0.5) is 0 Å². The van der Waals surface area contributed by atoms with Crippen LogP contribution < -0.4 is 0 Å². The van der Waals surface area contributed by atoms with Crippen molar-refractivity contribution in [3.05, 3.63) is 45.4 Å². The van der Waals surface area contributed by atoms with Crippen LogP contribution in [0.2, 0.25) is 0 Å². The summed E-state index contributed by atoms with van der Waals surface area (Å²) in [7, 11) is 1.92. The Kier molecular flexibility index (Phi) is 2.50. The molecule has 1 aromatic heterocycles. The van der Waals surface area contributed by atoms with Gasteiger partial charge in [-0.05, 0) is 19.1 Å². The van der Waals surface area contributed by atoms with Gasteiger partial charge in [0.25, 0.3) is 5.70 Å². The second kappa shape index (κ2) is 3.59. The fourth-order valence-electron chi connectivity index (χ4n) is 1.74. The lowest BCUT2D eigenvalue weighted by Crippen LogP contribution is -2.21. The van der Waals surface area contributed by atoms with E-state index in [0.717, 1.165) is 11.3 Å². The maximum atomic E-state index is 11.0. The van der Waals surface area contributed by atoms with Crippen molar-refractivity contribution in [2.24, 2.45) is 7.05 Å². The van der Waals surface area contributed by atoms with Crippen LogP contribution in [0, 0.1) is 10.1 Å². The minimum atomic E-state index is -0.727. The first kappa shape index (κ1) is 11.1. The molecule has 1 heterocycles. The Morgan fingerprint density at radius 2 is 2.25 bits per heavy atom. The minimum absolute atomic E-state index is 0.147. The van der Waals surface area contributed by atoms with Crippen molar-refractivity contribution >= 4 is 28.1 Å². The Morgan fingerprint density at radius 1 is 1.56 bits per heavy atom. The molecule has 0 fully saturated rings. The van der Waals surface area contributed by atoms with Crippen LogP contribution in [-0.2, 0) is 7.05 Å². The first-order valence-corrected chi connectivity index (χ1v) is 5.61. The van der Waals surface area contributed by atoms with Gasteiger partial charge in [0.1, 0.15) is 4.32 Å². The van der Waals surface area contributed by atoms with Gasteiger partial charge in [0.2, 0.25) is 0 Å². The van der Waals surface area contributed by atoms with E-state index in [1.165, 1.54) is 0 Å². The fraction of sp³-hybridized carbons (Fsp3) is 0.273. The molecule has 0 saturated heterocycles. The molecule has 1 atom stereocenters. The zero-order valence-electron chi connectivity index (χ0n) is 8.98. The summed E-state index contributed by atoms with van der Waals surface area (Å²) in [6.07, 6.45) is 7.20. The van der Waals surface area contributed by atoms with Crippen molar-refractivity contribution in [2.75, 3.05) is 0 Å². The molecule has 0 saturated carbocycles. The van der Waals surface area contributed by atoms with E-state index in [4.69, 9.17) is 0 Å². The lowest BCUT2D eigenvalue weighted by Gasteiger charge is -2.12. The Balaban J connectivity index is 2.65. The van der Waals surface area contributed by atoms with Gasteiger partial charge in [0.15, 0.2) is 0 Å². The summed E-state index contributed by atoms with van der Waals surface area (Å²) < 4.78 is 1.21. The van der Waals surface area contributed by atoms with Gasteiger partial charge in [0, 0.05) is 30.6 Å². The highest BCUT2D eigenvalue weighted by molar-refractivity contribution is 9.10. The molecule has 2 rings (SSSR count). The fourth-order valence-corrected chi connectivity index (χ4v) is 2.13. The van der Waals surface area contributed by atoms with Crippen LogP contribution >= 0.6 is 15.9 Å². The molecule has 1 aromatic rings. The van der Waals surface area contributed by atoms with E-state index in [2.05, 4.69) is 15.9 Å². The van der Waals surface area contributed by atoms with E-state index in [0.29, 0.717) is 0 Å². The lowest BCUT2D eigenvalue weighted by atomic mass is 10.1. The average Bonchev–Trinajstić information content (AvgIpc) is 2.45. The lowest BCUT2D eigenvalue weighted by molar-refractivity contribution is -0.427. The number of nitro groups is 1. The molecule has 0 spiro atoms. The summed E-state index contributed by atoms with van der Waals surface area (Å²) in [5, 5.41) is 11.0. The molecule has 1 unspecified atom stereocenters. The molecule has 0 amide bonds. The van der Waals surface area contributed by atoms with Crippen molar-refractivity contribution < 1.29 is 4.92 Å². The highest BCUT2D eigenvalue weighted by Crippen LogP contribution is 2.34. The monoisotopic (exact) mass is 282 g/mol. The summed E-state index contributed by atoms with van der Waals surface area (Å²) in [6.45, 7) is 1.77. The van der Waals surface area contributed by atoms with Crippen LogP contribution in [0.1, 0.15) is 18.2 Å². The maximum Gasteiger partial charge on any atom is 0.267 e. The zero-order chi connectivity index (χ0) is 11.9. The Hall–Kier alpha value is -1.36. The molecule has 84 valence electrons. The van der Waals surface area contributed by atoms with Gasteiger partial charge in [-0.25, -0.2) is 0 Å². The molecule has 0 N–H and O–H groups in total. The predicted molar refractivity (Wildman–Crippen MR) is 66.8 cm³/mol. The smallest absolute Gasteiger partial charge is 0.267 e. The van der Waals surface area contributed by atoms with Crippen LogP contribution in [0.15, 0.2) is 24.0 Å². The molecule has 1 aliphatic rings. The van der Waals surface area contributed by atoms with Crippen LogP contribution in [0.3, 0.4) is 0 Å². The largest absolute Gasteiger partial charge is 0.351 e. The highest BCUT2D eigenvalue weighted by Gasteiger charge is 2.34. The first-order valence-electron chi connectivity index (χ1n) is 4.82. The van der Waals surface area contributed by atoms with E-state index < -0.39 is 4.32 Å². The average molecular weight is 283 g/mol. The number of halogens is 1. The maximum absolute atomic E-state index is 11.0. The first-order chi connectivity index (χ1) is 7.42. The summed E-state index contributed by atoms with van der Waals surface area (Å²) in [6, 6.07) is 1.87. The SMILES string of the molecule is Cn1ccc2c1C=CC(C)(Br)C([N+](=O)[O-])=C2. The molecule has 1 aliphatic carbocycles. The number of fused-ring (bicyclic) bond motifs is 1. The summed E-state index contributed by atoms with van der Waals surface area (Å²) in [4.78, 5) is 10.7. The van der Waals surface area contributed by atoms with E-state index >= 15 is 0 Å².